The van der Waals surface area contributed by atoms with E-state index in [1.165, 1.54) is 0 Å². The van der Waals surface area contributed by atoms with Crippen molar-refractivity contribution in [2.45, 2.75) is 32.4 Å². The highest BCUT2D eigenvalue weighted by molar-refractivity contribution is 5.45. The van der Waals surface area contributed by atoms with E-state index in [0.717, 1.165) is 23.5 Å². The van der Waals surface area contributed by atoms with Crippen molar-refractivity contribution in [1.29, 1.82) is 0 Å². The lowest BCUT2D eigenvalue weighted by Crippen LogP contribution is -2.24. The molecule has 0 spiro atoms. The number of rotatable bonds is 3. The van der Waals surface area contributed by atoms with Crippen molar-refractivity contribution in [2.75, 3.05) is 6.61 Å². The van der Waals surface area contributed by atoms with Crippen LogP contribution < -0.4 is 15.2 Å². The van der Waals surface area contributed by atoms with Gasteiger partial charge in [0.2, 0.25) is 0 Å². The predicted octanol–water partition coefficient (Wildman–Crippen LogP) is 2.26. The molecule has 15 heavy (non-hydrogen) atoms. The molecular weight excluding hydrogens is 190 g/mol. The van der Waals surface area contributed by atoms with Crippen LogP contribution in [0.1, 0.15) is 31.9 Å². The van der Waals surface area contributed by atoms with Crippen LogP contribution in [-0.4, -0.2) is 12.7 Å². The second kappa shape index (κ2) is 4.11. The van der Waals surface area contributed by atoms with Crippen molar-refractivity contribution in [2.24, 2.45) is 5.73 Å². The lowest BCUT2D eigenvalue weighted by Gasteiger charge is -2.11. The Morgan fingerprint density at radius 2 is 2.20 bits per heavy atom. The Morgan fingerprint density at radius 3 is 2.87 bits per heavy atom. The molecule has 0 aromatic heterocycles. The number of ether oxygens (including phenoxy) is 2. The minimum absolute atomic E-state index is 0.0228. The first-order valence-corrected chi connectivity index (χ1v) is 5.45. The van der Waals surface area contributed by atoms with Gasteiger partial charge in [-0.2, -0.15) is 0 Å². The molecule has 1 aliphatic rings. The van der Waals surface area contributed by atoms with Gasteiger partial charge in [0.15, 0.2) is 0 Å². The van der Waals surface area contributed by atoms with E-state index in [-0.39, 0.29) is 12.1 Å². The minimum Gasteiger partial charge on any atom is -0.494 e. The summed E-state index contributed by atoms with van der Waals surface area (Å²) in [6.07, 6.45) is 1.04. The highest BCUT2D eigenvalue weighted by atomic mass is 16.5. The fourth-order valence-electron chi connectivity index (χ4n) is 1.92. The smallest absolute Gasteiger partial charge is 0.125 e. The van der Waals surface area contributed by atoms with Crippen LogP contribution in [-0.2, 0) is 0 Å². The van der Waals surface area contributed by atoms with Crippen molar-refractivity contribution in [3.05, 3.63) is 23.8 Å². The van der Waals surface area contributed by atoms with Gasteiger partial charge < -0.3 is 15.2 Å². The van der Waals surface area contributed by atoms with Crippen molar-refractivity contribution < 1.29 is 9.47 Å². The van der Waals surface area contributed by atoms with Crippen molar-refractivity contribution in [3.63, 3.8) is 0 Å². The molecule has 0 aliphatic carbocycles. The molecule has 2 rings (SSSR count). The molecule has 3 nitrogen and oxygen atoms in total. The van der Waals surface area contributed by atoms with Crippen LogP contribution in [0.15, 0.2) is 18.2 Å². The molecule has 0 amide bonds. The van der Waals surface area contributed by atoms with Gasteiger partial charge in [-0.15, -0.1) is 0 Å². The Hall–Kier alpha value is -1.22. The summed E-state index contributed by atoms with van der Waals surface area (Å²) in [6, 6.07) is 5.83. The zero-order valence-corrected chi connectivity index (χ0v) is 9.19. The summed E-state index contributed by atoms with van der Waals surface area (Å²) in [7, 11) is 0. The lowest BCUT2D eigenvalue weighted by molar-refractivity contribution is 0.202. The fraction of sp³-hybridized carbons (Fsp3) is 0.500. The largest absolute Gasteiger partial charge is 0.494 e. The molecular formula is C12H17NO2. The zero-order valence-electron chi connectivity index (χ0n) is 9.19. The van der Waals surface area contributed by atoms with E-state index < -0.39 is 0 Å². The molecule has 2 N–H and O–H groups in total. The molecule has 0 radical (unpaired) electrons. The lowest BCUT2D eigenvalue weighted by atomic mass is 10.0. The van der Waals surface area contributed by atoms with Crippen LogP contribution in [0.25, 0.3) is 0 Å². The summed E-state index contributed by atoms with van der Waals surface area (Å²) in [5, 5.41) is 0. The number of hydrogen-bond acceptors (Lipinski definition) is 3. The van der Waals surface area contributed by atoms with Gasteiger partial charge in [0.05, 0.1) is 12.6 Å². The molecule has 0 saturated heterocycles. The molecule has 0 fully saturated rings. The van der Waals surface area contributed by atoms with Crippen molar-refractivity contribution >= 4 is 0 Å². The summed E-state index contributed by atoms with van der Waals surface area (Å²) in [6.45, 7) is 4.73. The molecule has 1 aromatic rings. The molecule has 2 atom stereocenters. The summed E-state index contributed by atoms with van der Waals surface area (Å²) in [5.41, 5.74) is 7.15. The average molecular weight is 207 g/mol. The molecule has 1 heterocycles. The first-order chi connectivity index (χ1) is 7.26. The van der Waals surface area contributed by atoms with Crippen molar-refractivity contribution in [1.82, 2.24) is 0 Å². The Balaban J connectivity index is 2.27. The van der Waals surface area contributed by atoms with Gasteiger partial charge in [-0.25, -0.2) is 0 Å². The summed E-state index contributed by atoms with van der Waals surface area (Å²) in [4.78, 5) is 0. The van der Waals surface area contributed by atoms with Crippen LogP contribution in [0.3, 0.4) is 0 Å². The first-order valence-electron chi connectivity index (χ1n) is 5.45. The number of fused-ring (bicyclic) bond motifs is 1. The SMILES string of the molecule is CCOc1ccc2c(c1)C(N)C(CC)O2. The van der Waals surface area contributed by atoms with E-state index >= 15 is 0 Å². The van der Waals surface area contributed by atoms with Gasteiger partial charge in [0.1, 0.15) is 17.6 Å². The third-order valence-electron chi connectivity index (χ3n) is 2.73. The van der Waals surface area contributed by atoms with E-state index in [4.69, 9.17) is 15.2 Å². The minimum atomic E-state index is -0.0228. The number of nitrogens with two attached hydrogens (primary N) is 1. The quantitative estimate of drug-likeness (QED) is 0.826. The average Bonchev–Trinajstić information content (AvgIpc) is 2.56. The number of hydrogen-bond donors (Lipinski definition) is 1. The summed E-state index contributed by atoms with van der Waals surface area (Å²) < 4.78 is 11.2. The van der Waals surface area contributed by atoms with Crippen molar-refractivity contribution in [3.8, 4) is 11.5 Å². The van der Waals surface area contributed by atoms with Gasteiger partial charge >= 0.3 is 0 Å². The summed E-state index contributed by atoms with van der Waals surface area (Å²) in [5.74, 6) is 1.77. The molecule has 0 bridgehead atoms. The maximum atomic E-state index is 6.09. The Morgan fingerprint density at radius 1 is 1.40 bits per heavy atom. The van der Waals surface area contributed by atoms with E-state index in [2.05, 4.69) is 6.92 Å². The van der Waals surface area contributed by atoms with E-state index in [9.17, 15) is 0 Å². The topological polar surface area (TPSA) is 44.5 Å². The van der Waals surface area contributed by atoms with Gasteiger partial charge in [-0.05, 0) is 31.5 Å². The summed E-state index contributed by atoms with van der Waals surface area (Å²) >= 11 is 0. The van der Waals surface area contributed by atoms with Crippen LogP contribution in [0, 0.1) is 0 Å². The molecule has 82 valence electrons. The third-order valence-corrected chi connectivity index (χ3v) is 2.73. The fourth-order valence-corrected chi connectivity index (χ4v) is 1.92. The number of benzene rings is 1. The second-order valence-corrected chi connectivity index (χ2v) is 3.72. The highest BCUT2D eigenvalue weighted by Gasteiger charge is 2.30. The van der Waals surface area contributed by atoms with Crippen LogP contribution >= 0.6 is 0 Å². The maximum Gasteiger partial charge on any atom is 0.125 e. The van der Waals surface area contributed by atoms with E-state index in [0.29, 0.717) is 6.61 Å². The Kier molecular flexibility index (Phi) is 2.82. The van der Waals surface area contributed by atoms with Crippen LogP contribution in [0.2, 0.25) is 0 Å². The first kappa shape index (κ1) is 10.3. The maximum absolute atomic E-state index is 6.09. The normalized spacial score (nSPS) is 23.4. The van der Waals surface area contributed by atoms with E-state index in [1.807, 2.05) is 25.1 Å². The van der Waals surface area contributed by atoms with E-state index in [1.54, 1.807) is 0 Å². The molecule has 1 aliphatic heterocycles. The molecule has 1 aromatic carbocycles. The second-order valence-electron chi connectivity index (χ2n) is 3.72. The Bertz CT molecular complexity index is 351. The molecule has 2 unspecified atom stereocenters. The van der Waals surface area contributed by atoms with Gasteiger partial charge in [-0.3, -0.25) is 0 Å². The van der Waals surface area contributed by atoms with Gasteiger partial charge in [-0.1, -0.05) is 6.92 Å². The van der Waals surface area contributed by atoms with Crippen LogP contribution in [0.5, 0.6) is 11.5 Å². The third kappa shape index (κ3) is 1.79. The highest BCUT2D eigenvalue weighted by Crippen LogP contribution is 2.38. The van der Waals surface area contributed by atoms with Gasteiger partial charge in [0, 0.05) is 5.56 Å². The van der Waals surface area contributed by atoms with Gasteiger partial charge in [0.25, 0.3) is 0 Å². The standard InChI is InChI=1S/C12H17NO2/c1-3-10-12(13)9-7-8(14-4-2)5-6-11(9)15-10/h5-7,10,12H,3-4,13H2,1-2H3. The predicted molar refractivity (Wildman–Crippen MR) is 59.2 cm³/mol. The zero-order chi connectivity index (χ0) is 10.8. The van der Waals surface area contributed by atoms with Crippen LogP contribution in [0.4, 0.5) is 0 Å². The molecule has 3 heteroatoms. The molecule has 0 saturated carbocycles. The monoisotopic (exact) mass is 207 g/mol. The Labute approximate surface area is 90.2 Å².